The van der Waals surface area contributed by atoms with Crippen LogP contribution >= 0.6 is 15.9 Å². The Labute approximate surface area is 101 Å². The maximum absolute atomic E-state index is 11.7. The molecule has 2 rings (SSSR count). The smallest absolute Gasteiger partial charge is 0.435 e. The van der Waals surface area contributed by atoms with Crippen LogP contribution in [-0.2, 0) is 4.74 Å². The van der Waals surface area contributed by atoms with E-state index in [1.165, 1.54) is 4.68 Å². The summed E-state index contributed by atoms with van der Waals surface area (Å²) in [6.45, 7) is 3.61. The van der Waals surface area contributed by atoms with Gasteiger partial charge < -0.3 is 4.74 Å². The lowest BCUT2D eigenvalue weighted by Gasteiger charge is -2.07. The zero-order chi connectivity index (χ0) is 11.7. The summed E-state index contributed by atoms with van der Waals surface area (Å²) in [4.78, 5) is 11.7. The molecule has 0 N–H and O–H groups in total. The summed E-state index contributed by atoms with van der Waals surface area (Å²) in [6.07, 6.45) is 1.04. The van der Waals surface area contributed by atoms with Crippen molar-refractivity contribution in [1.82, 2.24) is 9.78 Å². The maximum atomic E-state index is 11.7. The van der Waals surface area contributed by atoms with Crippen molar-refractivity contribution in [2.24, 2.45) is 0 Å². The Bertz CT molecular complexity index is 534. The number of rotatable bonds is 1. The topological polar surface area (TPSA) is 44.1 Å². The monoisotopic (exact) mass is 282 g/mol. The lowest BCUT2D eigenvalue weighted by Crippen LogP contribution is -2.18. The number of hydrogen-bond donors (Lipinski definition) is 0. The Hall–Kier alpha value is -1.36. The average Bonchev–Trinajstić information content (AvgIpc) is 2.59. The average molecular weight is 283 g/mol. The van der Waals surface area contributed by atoms with E-state index in [-0.39, 0.29) is 6.10 Å². The first-order valence-corrected chi connectivity index (χ1v) is 5.71. The minimum Gasteiger partial charge on any atom is -0.445 e. The maximum Gasteiger partial charge on any atom is 0.435 e. The van der Waals surface area contributed by atoms with E-state index in [0.717, 1.165) is 15.4 Å². The summed E-state index contributed by atoms with van der Waals surface area (Å²) in [6, 6.07) is 5.60. The highest BCUT2D eigenvalue weighted by Crippen LogP contribution is 2.19. The Kier molecular flexibility index (Phi) is 2.96. The fourth-order valence-corrected chi connectivity index (χ4v) is 1.78. The molecule has 1 aromatic heterocycles. The lowest BCUT2D eigenvalue weighted by molar-refractivity contribution is 0.115. The van der Waals surface area contributed by atoms with Crippen LogP contribution in [0.3, 0.4) is 0 Å². The molecule has 5 heteroatoms. The molecule has 0 aliphatic carbocycles. The van der Waals surface area contributed by atoms with Crippen LogP contribution in [0.4, 0.5) is 4.79 Å². The highest BCUT2D eigenvalue weighted by atomic mass is 79.9. The summed E-state index contributed by atoms with van der Waals surface area (Å²) in [5.74, 6) is 0. The van der Waals surface area contributed by atoms with E-state index in [2.05, 4.69) is 21.0 Å². The predicted molar refractivity (Wildman–Crippen MR) is 64.4 cm³/mol. The number of aromatic nitrogens is 2. The number of nitrogens with zero attached hydrogens (tertiary/aromatic N) is 2. The molecule has 0 bridgehead atoms. The summed E-state index contributed by atoms with van der Waals surface area (Å²) in [7, 11) is 0. The summed E-state index contributed by atoms with van der Waals surface area (Å²) >= 11 is 3.37. The van der Waals surface area contributed by atoms with E-state index in [9.17, 15) is 4.79 Å². The molecule has 0 spiro atoms. The molecule has 16 heavy (non-hydrogen) atoms. The third-order valence-corrected chi connectivity index (χ3v) is 2.53. The number of carbonyl (C=O) groups is 1. The minimum absolute atomic E-state index is 0.151. The molecular weight excluding hydrogens is 272 g/mol. The van der Waals surface area contributed by atoms with Gasteiger partial charge in [0.25, 0.3) is 0 Å². The molecule has 1 heterocycles. The minimum atomic E-state index is -0.452. The Balaban J connectivity index is 2.42. The summed E-state index contributed by atoms with van der Waals surface area (Å²) < 4.78 is 7.30. The van der Waals surface area contributed by atoms with E-state index in [0.29, 0.717) is 0 Å². The molecule has 0 aliphatic rings. The van der Waals surface area contributed by atoms with Gasteiger partial charge in [0.2, 0.25) is 0 Å². The number of halogens is 1. The van der Waals surface area contributed by atoms with E-state index in [1.54, 1.807) is 20.0 Å². The SMILES string of the molecule is CC(C)OC(=O)n1ncc2cc(Br)ccc21. The third kappa shape index (κ3) is 2.09. The molecule has 2 aromatic rings. The van der Waals surface area contributed by atoms with Gasteiger partial charge in [-0.1, -0.05) is 15.9 Å². The molecule has 0 radical (unpaired) electrons. The zero-order valence-electron chi connectivity index (χ0n) is 8.98. The quantitative estimate of drug-likeness (QED) is 0.807. The molecule has 0 aliphatic heterocycles. The van der Waals surface area contributed by atoms with Gasteiger partial charge in [-0.05, 0) is 32.0 Å². The lowest BCUT2D eigenvalue weighted by atomic mass is 10.3. The standard InChI is InChI=1S/C11H11BrN2O2/c1-7(2)16-11(15)14-10-4-3-9(12)5-8(10)6-13-14/h3-7H,1-2H3. The second-order valence-corrected chi connectivity index (χ2v) is 4.61. The molecule has 0 fully saturated rings. The summed E-state index contributed by atoms with van der Waals surface area (Å²) in [5, 5.41) is 4.91. The first kappa shape index (κ1) is 11.1. The summed E-state index contributed by atoms with van der Waals surface area (Å²) in [5.41, 5.74) is 0.744. The second-order valence-electron chi connectivity index (χ2n) is 3.69. The normalized spacial score (nSPS) is 11.0. The predicted octanol–water partition coefficient (Wildman–Crippen LogP) is 3.19. The van der Waals surface area contributed by atoms with Crippen molar-refractivity contribution < 1.29 is 9.53 Å². The van der Waals surface area contributed by atoms with E-state index >= 15 is 0 Å². The van der Waals surface area contributed by atoms with Gasteiger partial charge in [0.15, 0.2) is 0 Å². The van der Waals surface area contributed by atoms with Crippen LogP contribution < -0.4 is 0 Å². The highest BCUT2D eigenvalue weighted by molar-refractivity contribution is 9.10. The van der Waals surface area contributed by atoms with Crippen molar-refractivity contribution in [2.45, 2.75) is 20.0 Å². The number of benzene rings is 1. The van der Waals surface area contributed by atoms with Gasteiger partial charge in [-0.25, -0.2) is 4.79 Å². The molecule has 0 atom stereocenters. The van der Waals surface area contributed by atoms with Crippen LogP contribution in [0.5, 0.6) is 0 Å². The molecule has 4 nitrogen and oxygen atoms in total. The van der Waals surface area contributed by atoms with Gasteiger partial charge in [-0.2, -0.15) is 9.78 Å². The fraction of sp³-hybridized carbons (Fsp3) is 0.273. The molecular formula is C11H11BrN2O2. The van der Waals surface area contributed by atoms with Crippen molar-refractivity contribution in [3.8, 4) is 0 Å². The first-order valence-electron chi connectivity index (χ1n) is 4.92. The van der Waals surface area contributed by atoms with Gasteiger partial charge in [0.05, 0.1) is 17.8 Å². The highest BCUT2D eigenvalue weighted by Gasteiger charge is 2.12. The van der Waals surface area contributed by atoms with Crippen molar-refractivity contribution in [3.05, 3.63) is 28.9 Å². The van der Waals surface area contributed by atoms with Crippen molar-refractivity contribution >= 4 is 32.9 Å². The number of carbonyl (C=O) groups excluding carboxylic acids is 1. The van der Waals surface area contributed by atoms with Crippen LogP contribution in [0.15, 0.2) is 28.9 Å². The number of ether oxygens (including phenoxy) is 1. The van der Waals surface area contributed by atoms with Gasteiger partial charge in [-0.3, -0.25) is 0 Å². The third-order valence-electron chi connectivity index (χ3n) is 2.04. The van der Waals surface area contributed by atoms with Crippen molar-refractivity contribution in [2.75, 3.05) is 0 Å². The van der Waals surface area contributed by atoms with Gasteiger partial charge >= 0.3 is 6.09 Å². The van der Waals surface area contributed by atoms with E-state index in [1.807, 2.05) is 18.2 Å². The molecule has 0 unspecified atom stereocenters. The van der Waals surface area contributed by atoms with Crippen molar-refractivity contribution in [1.29, 1.82) is 0 Å². The molecule has 0 saturated heterocycles. The van der Waals surface area contributed by atoms with Gasteiger partial charge in [0, 0.05) is 9.86 Å². The van der Waals surface area contributed by atoms with Crippen molar-refractivity contribution in [3.63, 3.8) is 0 Å². The van der Waals surface area contributed by atoms with Crippen LogP contribution in [0.1, 0.15) is 13.8 Å². The fourth-order valence-electron chi connectivity index (χ4n) is 1.40. The zero-order valence-corrected chi connectivity index (χ0v) is 10.6. The Morgan fingerprint density at radius 1 is 1.50 bits per heavy atom. The molecule has 0 saturated carbocycles. The second kappa shape index (κ2) is 4.25. The van der Waals surface area contributed by atoms with E-state index in [4.69, 9.17) is 4.74 Å². The van der Waals surface area contributed by atoms with Gasteiger partial charge in [0.1, 0.15) is 0 Å². The van der Waals surface area contributed by atoms with Crippen LogP contribution in [0.2, 0.25) is 0 Å². The number of hydrogen-bond acceptors (Lipinski definition) is 3. The molecule has 84 valence electrons. The Morgan fingerprint density at radius 2 is 2.25 bits per heavy atom. The van der Waals surface area contributed by atoms with E-state index < -0.39 is 6.09 Å². The van der Waals surface area contributed by atoms with Crippen LogP contribution in [0.25, 0.3) is 10.9 Å². The Morgan fingerprint density at radius 3 is 2.94 bits per heavy atom. The molecule has 1 aromatic carbocycles. The van der Waals surface area contributed by atoms with Crippen LogP contribution in [-0.4, -0.2) is 22.0 Å². The van der Waals surface area contributed by atoms with Crippen LogP contribution in [0, 0.1) is 0 Å². The molecule has 0 amide bonds. The van der Waals surface area contributed by atoms with Gasteiger partial charge in [-0.15, -0.1) is 0 Å². The largest absolute Gasteiger partial charge is 0.445 e. The first-order chi connectivity index (χ1) is 7.58. The number of fused-ring (bicyclic) bond motifs is 1.